The molecule has 2 aromatic carbocycles. The summed E-state index contributed by atoms with van der Waals surface area (Å²) >= 11 is 7.53. The van der Waals surface area contributed by atoms with Crippen molar-refractivity contribution in [1.82, 2.24) is 0 Å². The molecule has 0 heterocycles. The van der Waals surface area contributed by atoms with E-state index in [0.29, 0.717) is 10.7 Å². The van der Waals surface area contributed by atoms with Gasteiger partial charge in [-0.3, -0.25) is 0 Å². The zero-order valence-electron chi connectivity index (χ0n) is 11.1. The summed E-state index contributed by atoms with van der Waals surface area (Å²) in [6.45, 7) is 4.35. The molecule has 0 aromatic heterocycles. The normalized spacial score (nSPS) is 18.6. The smallest absolute Gasteiger partial charge is 0.0469 e. The van der Waals surface area contributed by atoms with Crippen LogP contribution in [0, 0.1) is 13.8 Å². The monoisotopic (exact) mass is 378 g/mol. The summed E-state index contributed by atoms with van der Waals surface area (Å²) in [4.78, 5) is 0.411. The van der Waals surface area contributed by atoms with Crippen LogP contribution in [0.15, 0.2) is 40.9 Å². The maximum atomic E-state index is 3.93. The summed E-state index contributed by atoms with van der Waals surface area (Å²) in [6.07, 6.45) is 1.18. The van der Waals surface area contributed by atoms with Gasteiger partial charge in [-0.2, -0.15) is 0 Å². The average molecular weight is 380 g/mol. The van der Waals surface area contributed by atoms with Crippen molar-refractivity contribution in [3.05, 3.63) is 68.7 Å². The summed E-state index contributed by atoms with van der Waals surface area (Å²) in [5.74, 6) is 0.607. The van der Waals surface area contributed by atoms with Crippen LogP contribution in [0.3, 0.4) is 0 Å². The highest BCUT2D eigenvalue weighted by Gasteiger charge is 2.32. The SMILES string of the molecule is Cc1cc(C(Br)C2Cc3ccccc32)c(C)cc1Br. The first kappa shape index (κ1) is 13.4. The molecule has 19 heavy (non-hydrogen) atoms. The van der Waals surface area contributed by atoms with Crippen LogP contribution in [0.1, 0.15) is 38.6 Å². The van der Waals surface area contributed by atoms with Gasteiger partial charge in [-0.15, -0.1) is 0 Å². The number of benzene rings is 2. The van der Waals surface area contributed by atoms with Crippen molar-refractivity contribution < 1.29 is 0 Å². The first-order valence-electron chi connectivity index (χ1n) is 6.56. The second-order valence-corrected chi connectivity index (χ2v) is 7.21. The molecule has 0 aliphatic heterocycles. The van der Waals surface area contributed by atoms with Crippen molar-refractivity contribution in [2.24, 2.45) is 0 Å². The first-order chi connectivity index (χ1) is 9.08. The van der Waals surface area contributed by atoms with E-state index in [-0.39, 0.29) is 0 Å². The van der Waals surface area contributed by atoms with E-state index in [1.165, 1.54) is 38.7 Å². The Labute approximate surface area is 131 Å². The molecule has 1 aliphatic rings. The number of hydrogen-bond donors (Lipinski definition) is 0. The van der Waals surface area contributed by atoms with Gasteiger partial charge in [0, 0.05) is 15.2 Å². The zero-order chi connectivity index (χ0) is 13.6. The number of hydrogen-bond acceptors (Lipinski definition) is 0. The molecule has 0 N–H and O–H groups in total. The van der Waals surface area contributed by atoms with Gasteiger partial charge in [-0.25, -0.2) is 0 Å². The van der Waals surface area contributed by atoms with Gasteiger partial charge in [0.15, 0.2) is 0 Å². The molecule has 2 unspecified atom stereocenters. The second kappa shape index (κ2) is 5.06. The molecule has 1 aliphatic carbocycles. The molecule has 0 radical (unpaired) electrons. The first-order valence-corrected chi connectivity index (χ1v) is 8.27. The fraction of sp³-hybridized carbons (Fsp3) is 0.294. The molecule has 3 rings (SSSR count). The molecule has 0 amide bonds. The van der Waals surface area contributed by atoms with Crippen LogP contribution < -0.4 is 0 Å². The van der Waals surface area contributed by atoms with Crippen LogP contribution in [0.5, 0.6) is 0 Å². The third-order valence-corrected chi connectivity index (χ3v) is 6.08. The van der Waals surface area contributed by atoms with Crippen LogP contribution in [0.2, 0.25) is 0 Å². The van der Waals surface area contributed by atoms with Gasteiger partial charge in [0.1, 0.15) is 0 Å². The van der Waals surface area contributed by atoms with Crippen LogP contribution >= 0.6 is 31.9 Å². The molecule has 2 atom stereocenters. The number of rotatable bonds is 2. The van der Waals surface area contributed by atoms with Crippen molar-refractivity contribution in [1.29, 1.82) is 0 Å². The fourth-order valence-electron chi connectivity index (χ4n) is 2.88. The van der Waals surface area contributed by atoms with Crippen LogP contribution in [-0.4, -0.2) is 0 Å². The van der Waals surface area contributed by atoms with E-state index in [2.05, 4.69) is 82.1 Å². The summed E-state index contributed by atoms with van der Waals surface area (Å²) < 4.78 is 1.20. The fourth-order valence-corrected chi connectivity index (χ4v) is 4.30. The van der Waals surface area contributed by atoms with E-state index in [1.54, 1.807) is 0 Å². The number of fused-ring (bicyclic) bond motifs is 1. The van der Waals surface area contributed by atoms with Gasteiger partial charge in [0.25, 0.3) is 0 Å². The highest BCUT2D eigenvalue weighted by Crippen LogP contribution is 2.48. The lowest BCUT2D eigenvalue weighted by Crippen LogP contribution is -2.21. The number of halogens is 2. The van der Waals surface area contributed by atoms with Crippen molar-refractivity contribution in [3.8, 4) is 0 Å². The minimum Gasteiger partial charge on any atom is -0.0832 e. The lowest BCUT2D eigenvalue weighted by atomic mass is 9.74. The zero-order valence-corrected chi connectivity index (χ0v) is 14.3. The van der Waals surface area contributed by atoms with E-state index in [1.807, 2.05) is 0 Å². The average Bonchev–Trinajstić information content (AvgIpc) is 2.35. The Kier molecular flexibility index (Phi) is 3.57. The van der Waals surface area contributed by atoms with Crippen molar-refractivity contribution in [2.75, 3.05) is 0 Å². The van der Waals surface area contributed by atoms with Crippen molar-refractivity contribution >= 4 is 31.9 Å². The molecule has 0 saturated carbocycles. The molecule has 0 bridgehead atoms. The number of aryl methyl sites for hydroxylation is 2. The van der Waals surface area contributed by atoms with Gasteiger partial charge in [-0.1, -0.05) is 62.2 Å². The summed E-state index contributed by atoms with van der Waals surface area (Å²) in [7, 11) is 0. The Morgan fingerprint density at radius 2 is 1.84 bits per heavy atom. The van der Waals surface area contributed by atoms with E-state index < -0.39 is 0 Å². The lowest BCUT2D eigenvalue weighted by molar-refractivity contribution is 0.598. The van der Waals surface area contributed by atoms with Gasteiger partial charge in [0.05, 0.1) is 0 Å². The highest BCUT2D eigenvalue weighted by molar-refractivity contribution is 9.10. The maximum absolute atomic E-state index is 3.93. The molecule has 0 spiro atoms. The molecule has 0 fully saturated rings. The Morgan fingerprint density at radius 3 is 2.58 bits per heavy atom. The van der Waals surface area contributed by atoms with E-state index >= 15 is 0 Å². The largest absolute Gasteiger partial charge is 0.0832 e. The Morgan fingerprint density at radius 1 is 1.11 bits per heavy atom. The van der Waals surface area contributed by atoms with Gasteiger partial charge in [-0.05, 0) is 54.2 Å². The third-order valence-electron chi connectivity index (χ3n) is 4.09. The molecule has 0 nitrogen and oxygen atoms in total. The number of alkyl halides is 1. The summed E-state index contributed by atoms with van der Waals surface area (Å²) in [5, 5.41) is 0. The Hall–Kier alpha value is -0.600. The van der Waals surface area contributed by atoms with Crippen molar-refractivity contribution in [3.63, 3.8) is 0 Å². The van der Waals surface area contributed by atoms with E-state index in [9.17, 15) is 0 Å². The molecular weight excluding hydrogens is 364 g/mol. The molecule has 2 aromatic rings. The molecular formula is C17H16Br2. The van der Waals surface area contributed by atoms with Gasteiger partial charge in [0.2, 0.25) is 0 Å². The molecule has 0 saturated heterocycles. The van der Waals surface area contributed by atoms with E-state index in [0.717, 1.165) is 0 Å². The minimum absolute atomic E-state index is 0.411. The second-order valence-electron chi connectivity index (χ2n) is 5.37. The van der Waals surface area contributed by atoms with Crippen LogP contribution in [-0.2, 0) is 6.42 Å². The Balaban J connectivity index is 1.94. The lowest BCUT2D eigenvalue weighted by Gasteiger charge is -2.34. The predicted octanol–water partition coefficient (Wildman–Crippen LogP) is 5.84. The topological polar surface area (TPSA) is 0 Å². The standard InChI is InChI=1S/C17H16Br2/c1-10-8-16(18)11(2)7-14(10)17(19)15-9-12-5-3-4-6-13(12)15/h3-8,15,17H,9H2,1-2H3. The molecule has 98 valence electrons. The minimum atomic E-state index is 0.411. The van der Waals surface area contributed by atoms with E-state index in [4.69, 9.17) is 0 Å². The van der Waals surface area contributed by atoms with Crippen LogP contribution in [0.4, 0.5) is 0 Å². The van der Waals surface area contributed by atoms with Gasteiger partial charge >= 0.3 is 0 Å². The third kappa shape index (κ3) is 2.30. The molecule has 2 heteroatoms. The summed E-state index contributed by atoms with van der Waals surface area (Å²) in [6, 6.07) is 13.3. The van der Waals surface area contributed by atoms with Gasteiger partial charge < -0.3 is 0 Å². The van der Waals surface area contributed by atoms with Crippen molar-refractivity contribution in [2.45, 2.75) is 31.0 Å². The quantitative estimate of drug-likeness (QED) is 0.574. The van der Waals surface area contributed by atoms with Crippen LogP contribution in [0.25, 0.3) is 0 Å². The highest BCUT2D eigenvalue weighted by atomic mass is 79.9. The predicted molar refractivity (Wildman–Crippen MR) is 88.2 cm³/mol. The maximum Gasteiger partial charge on any atom is 0.0469 e. The summed E-state index contributed by atoms with van der Waals surface area (Å²) in [5.41, 5.74) is 7.08. The Bertz CT molecular complexity index is 631.